The van der Waals surface area contributed by atoms with Crippen molar-refractivity contribution in [3.8, 4) is 0 Å². The van der Waals surface area contributed by atoms with E-state index in [4.69, 9.17) is 0 Å². The Hall–Kier alpha value is -6.42. The lowest BCUT2D eigenvalue weighted by atomic mass is 9.99. The van der Waals surface area contributed by atoms with Crippen LogP contribution < -0.4 is 9.80 Å². The first-order valence-electron chi connectivity index (χ1n) is 19.5. The molecular formula is C54H49BrN2. The van der Waals surface area contributed by atoms with Gasteiger partial charge >= 0.3 is 0 Å². The molecule has 0 fully saturated rings. The Kier molecular flexibility index (Phi) is 14.5. The summed E-state index contributed by atoms with van der Waals surface area (Å²) in [7, 11) is 0. The molecule has 0 bridgehead atoms. The maximum atomic E-state index is 3.88. The molecule has 0 amide bonds. The van der Waals surface area contributed by atoms with E-state index in [9.17, 15) is 0 Å². The van der Waals surface area contributed by atoms with Crippen LogP contribution in [-0.2, 0) is 0 Å². The Balaban J connectivity index is 0.000000287. The number of halogens is 1. The van der Waals surface area contributed by atoms with Gasteiger partial charge in [0.25, 0.3) is 0 Å². The van der Waals surface area contributed by atoms with Crippen molar-refractivity contribution in [2.24, 2.45) is 0 Å². The third-order valence-electron chi connectivity index (χ3n) is 9.29. The molecule has 9 rings (SSSR count). The molecule has 57 heavy (non-hydrogen) atoms. The molecule has 0 aliphatic rings. The van der Waals surface area contributed by atoms with Crippen LogP contribution in [0, 0.1) is 13.8 Å². The topological polar surface area (TPSA) is 6.48 Å². The van der Waals surface area contributed by atoms with Gasteiger partial charge < -0.3 is 9.80 Å². The maximum Gasteiger partial charge on any atom is 0.0546 e. The van der Waals surface area contributed by atoms with E-state index in [1.54, 1.807) is 0 Å². The predicted octanol–water partition coefficient (Wildman–Crippen LogP) is 16.7. The largest absolute Gasteiger partial charge is 0.310 e. The van der Waals surface area contributed by atoms with Gasteiger partial charge in [-0.05, 0) is 90.7 Å². The Morgan fingerprint density at radius 1 is 0.316 bits per heavy atom. The molecule has 0 radical (unpaired) electrons. The molecule has 0 saturated heterocycles. The van der Waals surface area contributed by atoms with E-state index in [0.717, 1.165) is 38.6 Å². The number of anilines is 6. The van der Waals surface area contributed by atoms with Crippen molar-refractivity contribution < 1.29 is 0 Å². The first-order chi connectivity index (χ1) is 28.0. The Morgan fingerprint density at radius 2 is 0.667 bits per heavy atom. The molecular weight excluding hydrogens is 757 g/mol. The summed E-state index contributed by atoms with van der Waals surface area (Å²) in [4.78, 5) is 4.67. The van der Waals surface area contributed by atoms with Gasteiger partial charge in [0.15, 0.2) is 0 Å². The maximum absolute atomic E-state index is 3.88. The van der Waals surface area contributed by atoms with Gasteiger partial charge in [0.05, 0.1) is 5.69 Å². The zero-order chi connectivity index (χ0) is 39.8. The molecule has 3 heteroatoms. The molecule has 0 heterocycles. The number of rotatable bonds is 6. The van der Waals surface area contributed by atoms with Crippen LogP contribution in [0.2, 0.25) is 0 Å². The normalized spacial score (nSPS) is 10.2. The van der Waals surface area contributed by atoms with Gasteiger partial charge in [-0.25, -0.2) is 0 Å². The summed E-state index contributed by atoms with van der Waals surface area (Å²) >= 11 is 3.88. The lowest BCUT2D eigenvalue weighted by Crippen LogP contribution is -2.13. The summed E-state index contributed by atoms with van der Waals surface area (Å²) in [5.41, 5.74) is 9.22. The zero-order valence-corrected chi connectivity index (χ0v) is 34.7. The summed E-state index contributed by atoms with van der Waals surface area (Å²) in [5, 5.41) is 4.92. The van der Waals surface area contributed by atoms with Crippen molar-refractivity contribution in [1.29, 1.82) is 0 Å². The standard InChI is InChI=1S/C38H27BrN2.2C7H8.C2H6/c39-29-25-33(40(30-15-4-1-5-16-30)31-17-6-2-7-18-31)27-34(26-29)41(32-19-8-3-9-20-32)38-24-28-14-10-11-21-35(28)36-22-12-13-23-37(36)38;2*1-7-5-3-2-4-6-7;1-2/h1-27H;2*2-6H,1H3;1-2H3. The minimum absolute atomic E-state index is 1.01. The van der Waals surface area contributed by atoms with Gasteiger partial charge in [0.1, 0.15) is 0 Å². The molecule has 0 aliphatic heterocycles. The van der Waals surface area contributed by atoms with E-state index in [0.29, 0.717) is 0 Å². The first-order valence-corrected chi connectivity index (χ1v) is 20.3. The number of para-hydroxylation sites is 3. The van der Waals surface area contributed by atoms with E-state index >= 15 is 0 Å². The quantitative estimate of drug-likeness (QED) is 0.154. The van der Waals surface area contributed by atoms with Crippen LogP contribution >= 0.6 is 15.9 Å². The fraction of sp³-hybridized carbons (Fsp3) is 0.0741. The SMILES string of the molecule is Brc1cc(N(c2ccccc2)c2ccccc2)cc(N(c2ccccc2)c2cc3ccccc3c3ccccc23)c1.CC.Cc1ccccc1.Cc1ccccc1. The van der Waals surface area contributed by atoms with Gasteiger partial charge in [0.2, 0.25) is 0 Å². The van der Waals surface area contributed by atoms with Crippen LogP contribution in [0.3, 0.4) is 0 Å². The van der Waals surface area contributed by atoms with E-state index in [-0.39, 0.29) is 0 Å². The van der Waals surface area contributed by atoms with Gasteiger partial charge in [-0.15, -0.1) is 0 Å². The average Bonchev–Trinajstić information content (AvgIpc) is 3.27. The Bertz CT molecular complexity index is 2480. The fourth-order valence-electron chi connectivity index (χ4n) is 6.71. The Morgan fingerprint density at radius 3 is 1.11 bits per heavy atom. The molecule has 9 aromatic carbocycles. The van der Waals surface area contributed by atoms with Gasteiger partial charge in [-0.1, -0.05) is 205 Å². The highest BCUT2D eigenvalue weighted by Crippen LogP contribution is 2.45. The summed E-state index contributed by atoms with van der Waals surface area (Å²) in [5.74, 6) is 0. The van der Waals surface area contributed by atoms with Crippen molar-refractivity contribution in [2.75, 3.05) is 9.80 Å². The van der Waals surface area contributed by atoms with E-state index in [2.05, 4.69) is 228 Å². The van der Waals surface area contributed by atoms with Gasteiger partial charge in [-0.2, -0.15) is 0 Å². The lowest BCUT2D eigenvalue weighted by Gasteiger charge is -2.30. The molecule has 0 unspecified atom stereocenters. The van der Waals surface area contributed by atoms with Crippen molar-refractivity contribution >= 4 is 71.6 Å². The van der Waals surface area contributed by atoms with Gasteiger partial charge in [0, 0.05) is 38.3 Å². The third kappa shape index (κ3) is 10.5. The summed E-state index contributed by atoms with van der Waals surface area (Å²) in [6.07, 6.45) is 0. The fourth-order valence-corrected chi connectivity index (χ4v) is 7.18. The second kappa shape index (κ2) is 20.5. The summed E-state index contributed by atoms with van der Waals surface area (Å²) in [6.45, 7) is 8.17. The number of fused-ring (bicyclic) bond motifs is 3. The smallest absolute Gasteiger partial charge is 0.0546 e. The monoisotopic (exact) mass is 804 g/mol. The molecule has 0 aliphatic carbocycles. The van der Waals surface area contributed by atoms with Crippen LogP contribution in [0.1, 0.15) is 25.0 Å². The molecule has 0 saturated carbocycles. The molecule has 9 aromatic rings. The number of hydrogen-bond acceptors (Lipinski definition) is 2. The molecule has 0 spiro atoms. The summed E-state index contributed by atoms with van der Waals surface area (Å²) < 4.78 is 1.01. The van der Waals surface area contributed by atoms with Crippen LogP contribution in [0.5, 0.6) is 0 Å². The van der Waals surface area contributed by atoms with Crippen molar-refractivity contribution in [1.82, 2.24) is 0 Å². The van der Waals surface area contributed by atoms with E-state index < -0.39 is 0 Å². The second-order valence-corrected chi connectivity index (χ2v) is 14.2. The average molecular weight is 806 g/mol. The zero-order valence-electron chi connectivity index (χ0n) is 33.1. The van der Waals surface area contributed by atoms with Crippen LogP contribution in [0.4, 0.5) is 34.1 Å². The number of hydrogen-bond donors (Lipinski definition) is 0. The lowest BCUT2D eigenvalue weighted by molar-refractivity contribution is 1.25. The molecule has 0 N–H and O–H groups in total. The molecule has 2 nitrogen and oxygen atoms in total. The van der Waals surface area contributed by atoms with Crippen molar-refractivity contribution in [3.63, 3.8) is 0 Å². The predicted molar refractivity (Wildman–Crippen MR) is 252 cm³/mol. The number of aryl methyl sites for hydroxylation is 2. The van der Waals surface area contributed by atoms with Crippen LogP contribution in [-0.4, -0.2) is 0 Å². The van der Waals surface area contributed by atoms with E-state index in [1.165, 1.54) is 32.7 Å². The number of benzene rings is 9. The summed E-state index contributed by atoms with van der Waals surface area (Å²) in [6, 6.07) is 78.5. The van der Waals surface area contributed by atoms with E-state index in [1.807, 2.05) is 50.2 Å². The van der Waals surface area contributed by atoms with Crippen LogP contribution in [0.25, 0.3) is 21.5 Å². The highest BCUT2D eigenvalue weighted by atomic mass is 79.9. The Labute approximate surface area is 347 Å². The highest BCUT2D eigenvalue weighted by molar-refractivity contribution is 9.10. The van der Waals surface area contributed by atoms with Crippen LogP contribution in [0.15, 0.2) is 229 Å². The minimum Gasteiger partial charge on any atom is -0.310 e. The third-order valence-corrected chi connectivity index (χ3v) is 9.75. The van der Waals surface area contributed by atoms with Gasteiger partial charge in [-0.3, -0.25) is 0 Å². The minimum atomic E-state index is 1.01. The number of nitrogens with zero attached hydrogens (tertiary/aromatic N) is 2. The van der Waals surface area contributed by atoms with Crippen molar-refractivity contribution in [2.45, 2.75) is 27.7 Å². The molecule has 0 atom stereocenters. The highest BCUT2D eigenvalue weighted by Gasteiger charge is 2.20. The molecule has 282 valence electrons. The second-order valence-electron chi connectivity index (χ2n) is 13.3. The first kappa shape index (κ1) is 40.2. The van der Waals surface area contributed by atoms with Crippen molar-refractivity contribution in [3.05, 3.63) is 240 Å². The molecule has 0 aromatic heterocycles.